The fourth-order valence-electron chi connectivity index (χ4n) is 1.45. The van der Waals surface area contributed by atoms with Crippen molar-refractivity contribution in [2.75, 3.05) is 0 Å². The lowest BCUT2D eigenvalue weighted by Crippen LogP contribution is -2.17. The molecule has 4 nitrogen and oxygen atoms in total. The minimum Gasteiger partial charge on any atom is -0.404 e. The molecule has 0 saturated carbocycles. The normalized spacial score (nSPS) is 10.8. The molecule has 7 heteroatoms. The van der Waals surface area contributed by atoms with Gasteiger partial charge in [-0.25, -0.2) is 9.97 Å². The highest BCUT2D eigenvalue weighted by Gasteiger charge is 2.32. The lowest BCUT2D eigenvalue weighted by Gasteiger charge is -2.11. The van der Waals surface area contributed by atoms with Crippen molar-refractivity contribution in [1.29, 1.82) is 5.26 Å². The highest BCUT2D eigenvalue weighted by Crippen LogP contribution is 2.30. The Balaban J connectivity index is 2.45. The maximum atomic E-state index is 12.2. The Bertz CT molecular complexity index is 620. The van der Waals surface area contributed by atoms with Gasteiger partial charge >= 0.3 is 6.36 Å². The predicted octanol–water partition coefficient (Wildman–Crippen LogP) is 2.91. The molecular weight excluding hydrogens is 259 g/mol. The van der Waals surface area contributed by atoms with Gasteiger partial charge in [-0.2, -0.15) is 5.26 Å². The average Bonchev–Trinajstić information content (AvgIpc) is 2.38. The number of ether oxygens (including phenoxy) is 1. The molecule has 0 aliphatic heterocycles. The van der Waals surface area contributed by atoms with E-state index in [4.69, 9.17) is 5.26 Å². The molecule has 0 fully saturated rings. The second-order valence-electron chi connectivity index (χ2n) is 3.50. The van der Waals surface area contributed by atoms with Crippen molar-refractivity contribution >= 4 is 0 Å². The lowest BCUT2D eigenvalue weighted by molar-refractivity contribution is -0.274. The topological polar surface area (TPSA) is 58.8 Å². The summed E-state index contributed by atoms with van der Waals surface area (Å²) < 4.78 is 40.5. The highest BCUT2D eigenvalue weighted by molar-refractivity contribution is 5.65. The number of nitriles is 1. The zero-order valence-corrected chi connectivity index (χ0v) is 9.35. The number of hydrogen-bond acceptors (Lipinski definition) is 4. The van der Waals surface area contributed by atoms with E-state index >= 15 is 0 Å². The molecule has 96 valence electrons. The third-order valence-electron chi connectivity index (χ3n) is 2.22. The van der Waals surface area contributed by atoms with Crippen molar-refractivity contribution in [1.82, 2.24) is 9.97 Å². The van der Waals surface area contributed by atoms with Gasteiger partial charge in [0.1, 0.15) is 18.1 Å². The molecule has 1 aromatic carbocycles. The molecule has 1 heterocycles. The number of alkyl halides is 3. The number of halogens is 3. The number of aromatic nitrogens is 2. The van der Waals surface area contributed by atoms with E-state index in [9.17, 15) is 13.2 Å². The minimum absolute atomic E-state index is 0.196. The molecular formula is C12H6F3N3O. The Labute approximate surface area is 106 Å². The van der Waals surface area contributed by atoms with Crippen LogP contribution >= 0.6 is 0 Å². The number of benzene rings is 1. The standard InChI is InChI=1S/C12H6F3N3O/c13-12(14,15)19-11-3-8(1-2-9(11)4-16)10-5-17-7-18-6-10/h1-3,5-7H. The van der Waals surface area contributed by atoms with Gasteiger partial charge in [0.15, 0.2) is 0 Å². The van der Waals surface area contributed by atoms with E-state index < -0.39 is 12.1 Å². The van der Waals surface area contributed by atoms with Crippen LogP contribution in [0.1, 0.15) is 5.56 Å². The first kappa shape index (κ1) is 12.8. The van der Waals surface area contributed by atoms with Crippen LogP contribution in [0.3, 0.4) is 0 Å². The molecule has 0 saturated heterocycles. The van der Waals surface area contributed by atoms with E-state index in [-0.39, 0.29) is 5.56 Å². The van der Waals surface area contributed by atoms with Crippen LogP contribution in [0.15, 0.2) is 36.9 Å². The summed E-state index contributed by atoms with van der Waals surface area (Å²) in [4.78, 5) is 7.54. The second kappa shape index (κ2) is 4.94. The van der Waals surface area contributed by atoms with Gasteiger partial charge in [-0.3, -0.25) is 0 Å². The zero-order chi connectivity index (χ0) is 13.9. The van der Waals surface area contributed by atoms with Crippen molar-refractivity contribution in [3.63, 3.8) is 0 Å². The quantitative estimate of drug-likeness (QED) is 0.837. The van der Waals surface area contributed by atoms with E-state index in [2.05, 4.69) is 14.7 Å². The van der Waals surface area contributed by atoms with Crippen LogP contribution in [-0.4, -0.2) is 16.3 Å². The minimum atomic E-state index is -4.85. The van der Waals surface area contributed by atoms with Crippen LogP contribution in [0.2, 0.25) is 0 Å². The molecule has 0 radical (unpaired) electrons. The molecule has 1 aromatic heterocycles. The van der Waals surface area contributed by atoms with Crippen LogP contribution in [0, 0.1) is 11.3 Å². The summed E-state index contributed by atoms with van der Waals surface area (Å²) in [5.74, 6) is -0.545. The first-order valence-electron chi connectivity index (χ1n) is 5.05. The summed E-state index contributed by atoms with van der Waals surface area (Å²) in [6.07, 6.45) is -0.644. The smallest absolute Gasteiger partial charge is 0.404 e. The van der Waals surface area contributed by atoms with Crippen LogP contribution in [0.25, 0.3) is 11.1 Å². The SMILES string of the molecule is N#Cc1ccc(-c2cncnc2)cc1OC(F)(F)F. The van der Waals surface area contributed by atoms with Crippen LogP contribution in [0.5, 0.6) is 5.75 Å². The number of nitrogens with zero attached hydrogens (tertiary/aromatic N) is 3. The lowest BCUT2D eigenvalue weighted by atomic mass is 10.1. The fraction of sp³-hybridized carbons (Fsp3) is 0.0833. The van der Waals surface area contributed by atoms with Gasteiger partial charge in [-0.15, -0.1) is 13.2 Å². The van der Waals surface area contributed by atoms with Gasteiger partial charge in [0.05, 0.1) is 5.56 Å². The molecule has 0 aliphatic carbocycles. The van der Waals surface area contributed by atoms with Crippen molar-refractivity contribution in [3.05, 3.63) is 42.5 Å². The molecule has 0 N–H and O–H groups in total. The molecule has 0 aliphatic rings. The Morgan fingerprint density at radius 2 is 1.79 bits per heavy atom. The highest BCUT2D eigenvalue weighted by atomic mass is 19.4. The molecule has 2 aromatic rings. The third-order valence-corrected chi connectivity index (χ3v) is 2.22. The maximum absolute atomic E-state index is 12.2. The monoisotopic (exact) mass is 265 g/mol. The van der Waals surface area contributed by atoms with Gasteiger partial charge in [0.2, 0.25) is 0 Å². The number of rotatable bonds is 2. The molecule has 2 rings (SSSR count). The van der Waals surface area contributed by atoms with Crippen molar-refractivity contribution < 1.29 is 17.9 Å². The summed E-state index contributed by atoms with van der Waals surface area (Å²) in [5, 5.41) is 8.75. The van der Waals surface area contributed by atoms with Crippen LogP contribution < -0.4 is 4.74 Å². The molecule has 0 unspecified atom stereocenters. The van der Waals surface area contributed by atoms with Crippen molar-refractivity contribution in [2.45, 2.75) is 6.36 Å². The van der Waals surface area contributed by atoms with E-state index in [1.165, 1.54) is 30.9 Å². The Morgan fingerprint density at radius 1 is 1.11 bits per heavy atom. The average molecular weight is 265 g/mol. The number of hydrogen-bond donors (Lipinski definition) is 0. The van der Waals surface area contributed by atoms with E-state index in [0.717, 1.165) is 6.07 Å². The Morgan fingerprint density at radius 3 is 2.37 bits per heavy atom. The molecule has 0 atom stereocenters. The summed E-state index contributed by atoms with van der Waals surface area (Å²) >= 11 is 0. The molecule has 19 heavy (non-hydrogen) atoms. The summed E-state index contributed by atoms with van der Waals surface area (Å²) in [6.45, 7) is 0. The van der Waals surface area contributed by atoms with E-state index in [1.807, 2.05) is 0 Å². The maximum Gasteiger partial charge on any atom is 0.573 e. The first-order valence-corrected chi connectivity index (χ1v) is 5.05. The Hall–Kier alpha value is -2.62. The van der Waals surface area contributed by atoms with E-state index in [0.29, 0.717) is 11.1 Å². The fourth-order valence-corrected chi connectivity index (χ4v) is 1.45. The molecule has 0 spiro atoms. The zero-order valence-electron chi connectivity index (χ0n) is 9.35. The second-order valence-corrected chi connectivity index (χ2v) is 3.50. The molecule has 0 amide bonds. The summed E-state index contributed by atoms with van der Waals surface area (Å²) in [6, 6.07) is 5.52. The largest absolute Gasteiger partial charge is 0.573 e. The van der Waals surface area contributed by atoms with E-state index in [1.54, 1.807) is 6.07 Å². The predicted molar refractivity (Wildman–Crippen MR) is 58.9 cm³/mol. The van der Waals surface area contributed by atoms with Gasteiger partial charge < -0.3 is 4.74 Å². The van der Waals surface area contributed by atoms with Gasteiger partial charge in [-0.1, -0.05) is 6.07 Å². The van der Waals surface area contributed by atoms with Gasteiger partial charge in [0, 0.05) is 18.0 Å². The Kier molecular flexibility index (Phi) is 3.33. The van der Waals surface area contributed by atoms with Crippen molar-refractivity contribution in [2.24, 2.45) is 0 Å². The summed E-state index contributed by atoms with van der Waals surface area (Å²) in [7, 11) is 0. The van der Waals surface area contributed by atoms with Crippen molar-refractivity contribution in [3.8, 4) is 22.9 Å². The molecule has 0 bridgehead atoms. The van der Waals surface area contributed by atoms with Crippen LogP contribution in [0.4, 0.5) is 13.2 Å². The summed E-state index contributed by atoms with van der Waals surface area (Å²) in [5.41, 5.74) is 0.760. The van der Waals surface area contributed by atoms with Gasteiger partial charge in [-0.05, 0) is 17.7 Å². The van der Waals surface area contributed by atoms with Gasteiger partial charge in [0.25, 0.3) is 0 Å². The third kappa shape index (κ3) is 3.19. The van der Waals surface area contributed by atoms with Crippen LogP contribution in [-0.2, 0) is 0 Å². The first-order chi connectivity index (χ1) is 8.99.